The average molecular weight is 430 g/mol. The van der Waals surface area contributed by atoms with E-state index in [2.05, 4.69) is 34.4 Å². The Balaban J connectivity index is 0.00000484. The molecule has 0 aliphatic rings. The molecule has 0 aliphatic heterocycles. The number of amides is 1. The van der Waals surface area contributed by atoms with E-state index in [1.807, 2.05) is 24.3 Å². The minimum atomic E-state index is -0.0172. The summed E-state index contributed by atoms with van der Waals surface area (Å²) in [5.74, 6) is 0.706. The van der Waals surface area contributed by atoms with Crippen molar-refractivity contribution in [2.24, 2.45) is 4.99 Å². The Hall–Kier alpha value is -1.57. The molecule has 6 heteroatoms. The first-order valence-corrected chi connectivity index (χ1v) is 7.63. The number of carbonyl (C=O) groups is 1. The molecule has 0 fully saturated rings. The van der Waals surface area contributed by atoms with Crippen LogP contribution in [0.2, 0.25) is 0 Å². The maximum atomic E-state index is 11.9. The first kappa shape index (κ1) is 21.4. The lowest BCUT2D eigenvalue weighted by Crippen LogP contribution is -2.36. The van der Waals surface area contributed by atoms with Crippen molar-refractivity contribution in [1.29, 1.82) is 0 Å². The number of aliphatic imine (C=N–C) groups is 1. The van der Waals surface area contributed by atoms with Crippen molar-refractivity contribution >= 4 is 35.8 Å². The normalized spacial score (nSPS) is 10.4. The highest BCUT2D eigenvalue weighted by Crippen LogP contribution is 2.04. The van der Waals surface area contributed by atoms with Gasteiger partial charge in [0.15, 0.2) is 5.96 Å². The number of unbranched alkanes of at least 4 members (excludes halogenated alkanes) is 1. The third-order valence-corrected chi connectivity index (χ3v) is 3.13. The van der Waals surface area contributed by atoms with E-state index in [4.69, 9.17) is 0 Å². The van der Waals surface area contributed by atoms with E-state index < -0.39 is 0 Å². The molecule has 0 spiro atoms. The Morgan fingerprint density at radius 2 is 1.91 bits per heavy atom. The van der Waals surface area contributed by atoms with Gasteiger partial charge in [-0.15, -0.1) is 30.6 Å². The molecule has 3 N–H and O–H groups in total. The van der Waals surface area contributed by atoms with Gasteiger partial charge in [0.1, 0.15) is 0 Å². The first-order chi connectivity index (χ1) is 10.7. The fourth-order valence-corrected chi connectivity index (χ4v) is 1.83. The maximum Gasteiger partial charge on any atom is 0.251 e. The number of hydrogen-bond acceptors (Lipinski definition) is 2. The van der Waals surface area contributed by atoms with Gasteiger partial charge in [0.2, 0.25) is 0 Å². The fraction of sp³-hybridized carbons (Fsp3) is 0.412. The van der Waals surface area contributed by atoms with Gasteiger partial charge in [0.25, 0.3) is 5.91 Å². The number of halogens is 1. The first-order valence-electron chi connectivity index (χ1n) is 7.63. The van der Waals surface area contributed by atoms with Gasteiger partial charge < -0.3 is 16.0 Å². The van der Waals surface area contributed by atoms with Crippen LogP contribution in [-0.4, -0.2) is 32.0 Å². The van der Waals surface area contributed by atoms with Gasteiger partial charge in [-0.3, -0.25) is 9.79 Å². The zero-order valence-electron chi connectivity index (χ0n) is 13.9. The van der Waals surface area contributed by atoms with Crippen LogP contribution in [0.4, 0.5) is 0 Å². The van der Waals surface area contributed by atoms with E-state index in [1.165, 1.54) is 0 Å². The number of nitrogens with zero attached hydrogens (tertiary/aromatic N) is 1. The smallest absolute Gasteiger partial charge is 0.251 e. The molecule has 128 valence electrons. The van der Waals surface area contributed by atoms with E-state index >= 15 is 0 Å². The van der Waals surface area contributed by atoms with Gasteiger partial charge in [-0.05, 0) is 24.1 Å². The van der Waals surface area contributed by atoms with Crippen molar-refractivity contribution in [3.63, 3.8) is 0 Å². The minimum absolute atomic E-state index is 0. The van der Waals surface area contributed by atoms with E-state index in [0.717, 1.165) is 30.9 Å². The molecular weight excluding hydrogens is 403 g/mol. The van der Waals surface area contributed by atoms with E-state index in [-0.39, 0.29) is 29.9 Å². The molecule has 0 heterocycles. The minimum Gasteiger partial charge on any atom is -0.353 e. The summed E-state index contributed by atoms with van der Waals surface area (Å²) in [5.41, 5.74) is 1.78. The van der Waals surface area contributed by atoms with Crippen molar-refractivity contribution in [3.8, 4) is 0 Å². The van der Waals surface area contributed by atoms with Gasteiger partial charge in [-0.25, -0.2) is 0 Å². The van der Waals surface area contributed by atoms with Crippen LogP contribution in [0.25, 0.3) is 0 Å². The van der Waals surface area contributed by atoms with E-state index in [0.29, 0.717) is 18.7 Å². The lowest BCUT2D eigenvalue weighted by Gasteiger charge is -2.11. The molecule has 0 saturated carbocycles. The Morgan fingerprint density at radius 3 is 2.48 bits per heavy atom. The molecule has 0 saturated heterocycles. The van der Waals surface area contributed by atoms with Gasteiger partial charge in [-0.2, -0.15) is 0 Å². The molecule has 1 amide bonds. The predicted molar refractivity (Wildman–Crippen MR) is 107 cm³/mol. The molecular formula is C17H27IN4O. The molecule has 0 bridgehead atoms. The van der Waals surface area contributed by atoms with Crippen LogP contribution in [-0.2, 0) is 6.54 Å². The van der Waals surface area contributed by atoms with Gasteiger partial charge in [-0.1, -0.05) is 31.6 Å². The van der Waals surface area contributed by atoms with Crippen LogP contribution in [0.1, 0.15) is 35.7 Å². The Labute approximate surface area is 156 Å². The molecule has 1 aromatic carbocycles. The summed E-state index contributed by atoms with van der Waals surface area (Å²) >= 11 is 0. The molecule has 0 aromatic heterocycles. The maximum absolute atomic E-state index is 11.9. The van der Waals surface area contributed by atoms with Crippen molar-refractivity contribution in [1.82, 2.24) is 16.0 Å². The highest BCUT2D eigenvalue weighted by Gasteiger charge is 2.04. The van der Waals surface area contributed by atoms with Crippen molar-refractivity contribution in [3.05, 3.63) is 48.0 Å². The summed E-state index contributed by atoms with van der Waals surface area (Å²) in [7, 11) is 1.72. The number of carbonyl (C=O) groups excluding carboxylic acids is 1. The zero-order valence-corrected chi connectivity index (χ0v) is 16.2. The molecule has 0 radical (unpaired) electrons. The monoisotopic (exact) mass is 430 g/mol. The number of rotatable bonds is 8. The molecule has 1 rings (SSSR count). The van der Waals surface area contributed by atoms with Crippen LogP contribution < -0.4 is 16.0 Å². The Kier molecular flexibility index (Phi) is 12.0. The van der Waals surface area contributed by atoms with Gasteiger partial charge in [0.05, 0.1) is 0 Å². The van der Waals surface area contributed by atoms with Crippen LogP contribution >= 0.6 is 24.0 Å². The average Bonchev–Trinajstić information content (AvgIpc) is 2.55. The molecule has 0 atom stereocenters. The Bertz CT molecular complexity index is 500. The molecule has 0 aliphatic carbocycles. The second-order valence-electron chi connectivity index (χ2n) is 4.90. The second-order valence-corrected chi connectivity index (χ2v) is 4.90. The fourth-order valence-electron chi connectivity index (χ4n) is 1.83. The standard InChI is InChI=1S/C17H26N4O.HI/c1-4-6-12-19-16(22)15-9-7-14(8-10-15)13-21-17(18-3)20-11-5-2;/h5,7-10H,2,4,6,11-13H2,1,3H3,(H,19,22)(H2,18,20,21);1H. The lowest BCUT2D eigenvalue weighted by atomic mass is 10.1. The zero-order chi connectivity index (χ0) is 16.2. The topological polar surface area (TPSA) is 65.5 Å². The highest BCUT2D eigenvalue weighted by molar-refractivity contribution is 14.0. The third-order valence-electron chi connectivity index (χ3n) is 3.13. The summed E-state index contributed by atoms with van der Waals surface area (Å²) in [6.45, 7) is 7.79. The lowest BCUT2D eigenvalue weighted by molar-refractivity contribution is 0.0953. The van der Waals surface area contributed by atoms with Crippen LogP contribution in [0.15, 0.2) is 41.9 Å². The summed E-state index contributed by atoms with van der Waals surface area (Å²) in [4.78, 5) is 16.0. The quantitative estimate of drug-likeness (QED) is 0.195. The molecule has 5 nitrogen and oxygen atoms in total. The summed E-state index contributed by atoms with van der Waals surface area (Å²) < 4.78 is 0. The van der Waals surface area contributed by atoms with Gasteiger partial charge in [0, 0.05) is 32.2 Å². The van der Waals surface area contributed by atoms with Crippen LogP contribution in [0.3, 0.4) is 0 Å². The van der Waals surface area contributed by atoms with Crippen LogP contribution in [0, 0.1) is 0 Å². The molecule has 1 aromatic rings. The summed E-state index contributed by atoms with van der Waals surface area (Å²) in [6.07, 6.45) is 3.86. The molecule has 0 unspecified atom stereocenters. The molecule has 23 heavy (non-hydrogen) atoms. The van der Waals surface area contributed by atoms with E-state index in [1.54, 1.807) is 13.1 Å². The number of guanidine groups is 1. The number of hydrogen-bond donors (Lipinski definition) is 3. The van der Waals surface area contributed by atoms with Gasteiger partial charge >= 0.3 is 0 Å². The largest absolute Gasteiger partial charge is 0.353 e. The summed E-state index contributed by atoms with van der Waals surface area (Å²) in [5, 5.41) is 9.21. The SMILES string of the molecule is C=CCNC(=NC)NCc1ccc(C(=O)NCCCC)cc1.I. The third kappa shape index (κ3) is 8.59. The number of benzene rings is 1. The number of nitrogens with one attached hydrogen (secondary N) is 3. The van der Waals surface area contributed by atoms with E-state index in [9.17, 15) is 4.79 Å². The van der Waals surface area contributed by atoms with Crippen molar-refractivity contribution in [2.75, 3.05) is 20.1 Å². The van der Waals surface area contributed by atoms with Crippen molar-refractivity contribution < 1.29 is 4.79 Å². The summed E-state index contributed by atoms with van der Waals surface area (Å²) in [6, 6.07) is 7.58. The van der Waals surface area contributed by atoms with Crippen molar-refractivity contribution in [2.45, 2.75) is 26.3 Å². The highest BCUT2D eigenvalue weighted by atomic mass is 127. The van der Waals surface area contributed by atoms with Crippen LogP contribution in [0.5, 0.6) is 0 Å². The second kappa shape index (κ2) is 12.9. The Morgan fingerprint density at radius 1 is 1.22 bits per heavy atom. The predicted octanol–water partition coefficient (Wildman–Crippen LogP) is 2.69.